The van der Waals surface area contributed by atoms with E-state index in [1.807, 2.05) is 0 Å². The number of carboxylic acid groups (broad SMARTS) is 1. The van der Waals surface area contributed by atoms with E-state index in [-0.39, 0.29) is 0 Å². The zero-order chi connectivity index (χ0) is 14.1. The summed E-state index contributed by atoms with van der Waals surface area (Å²) in [5, 5.41) is 8.93. The lowest BCUT2D eigenvalue weighted by molar-refractivity contribution is -0.273. The molecule has 0 aliphatic heterocycles. The number of benzene rings is 1. The van der Waals surface area contributed by atoms with Crippen LogP contribution in [0.1, 0.15) is 16.7 Å². The van der Waals surface area contributed by atoms with Crippen molar-refractivity contribution in [2.45, 2.75) is 25.6 Å². The molecule has 0 spiro atoms. The topological polar surface area (TPSA) is 46.5 Å². The van der Waals surface area contributed by atoms with Gasteiger partial charge in [0.25, 0.3) is 5.60 Å². The number of ether oxygens (including phenoxy) is 1. The van der Waals surface area contributed by atoms with Crippen LogP contribution in [0.5, 0.6) is 0 Å². The number of aryl methyl sites for hydroxylation is 2. The molecule has 0 aliphatic carbocycles. The molecule has 1 unspecified atom stereocenters. The minimum Gasteiger partial charge on any atom is -0.479 e. The second-order valence-electron chi connectivity index (χ2n) is 3.99. The largest absolute Gasteiger partial charge is 0.479 e. The molecular formula is C12H13F3O3. The van der Waals surface area contributed by atoms with Gasteiger partial charge in [-0.25, -0.2) is 4.79 Å². The monoisotopic (exact) mass is 262 g/mol. The highest BCUT2D eigenvalue weighted by Crippen LogP contribution is 2.42. The fourth-order valence-electron chi connectivity index (χ4n) is 1.69. The minimum absolute atomic E-state index is 0.437. The third kappa shape index (κ3) is 2.08. The lowest BCUT2D eigenvalue weighted by Gasteiger charge is -2.30. The van der Waals surface area contributed by atoms with Crippen LogP contribution in [0.2, 0.25) is 0 Å². The Morgan fingerprint density at radius 3 is 2.11 bits per heavy atom. The van der Waals surface area contributed by atoms with Gasteiger partial charge < -0.3 is 9.84 Å². The molecule has 1 aromatic carbocycles. The zero-order valence-electron chi connectivity index (χ0n) is 10.1. The Labute approximate surface area is 102 Å². The Bertz CT molecular complexity index is 468. The summed E-state index contributed by atoms with van der Waals surface area (Å²) in [5.41, 5.74) is -2.42. The predicted octanol–water partition coefficient (Wildman–Crippen LogP) is 2.79. The maximum atomic E-state index is 13.0. The number of carbonyl (C=O) groups is 1. The van der Waals surface area contributed by atoms with Gasteiger partial charge >= 0.3 is 12.1 Å². The quantitative estimate of drug-likeness (QED) is 0.911. The van der Waals surface area contributed by atoms with Crippen molar-refractivity contribution >= 4 is 5.97 Å². The molecule has 0 heterocycles. The normalized spacial score (nSPS) is 15.2. The molecule has 0 saturated carbocycles. The molecule has 0 fully saturated rings. The van der Waals surface area contributed by atoms with E-state index in [2.05, 4.69) is 4.74 Å². The Balaban J connectivity index is 3.53. The van der Waals surface area contributed by atoms with E-state index in [0.29, 0.717) is 5.56 Å². The number of aliphatic carboxylic acids is 1. The van der Waals surface area contributed by atoms with Crippen molar-refractivity contribution in [2.24, 2.45) is 0 Å². The van der Waals surface area contributed by atoms with Crippen molar-refractivity contribution in [3.63, 3.8) is 0 Å². The maximum absolute atomic E-state index is 13.0. The third-order valence-electron chi connectivity index (χ3n) is 2.92. The Kier molecular flexibility index (Phi) is 3.71. The summed E-state index contributed by atoms with van der Waals surface area (Å²) in [6.45, 7) is 3.33. The number of carboxylic acids is 1. The number of rotatable bonds is 3. The summed E-state index contributed by atoms with van der Waals surface area (Å²) in [4.78, 5) is 11.1. The van der Waals surface area contributed by atoms with Gasteiger partial charge in [0.05, 0.1) is 0 Å². The van der Waals surface area contributed by atoms with Crippen molar-refractivity contribution in [3.8, 4) is 0 Å². The summed E-state index contributed by atoms with van der Waals surface area (Å²) in [7, 11) is 0.733. The lowest BCUT2D eigenvalue weighted by Crippen LogP contribution is -2.50. The van der Waals surface area contributed by atoms with Crippen molar-refractivity contribution in [3.05, 3.63) is 34.9 Å². The molecule has 18 heavy (non-hydrogen) atoms. The predicted molar refractivity (Wildman–Crippen MR) is 58.3 cm³/mol. The van der Waals surface area contributed by atoms with E-state index >= 15 is 0 Å². The smallest absolute Gasteiger partial charge is 0.432 e. The lowest BCUT2D eigenvalue weighted by atomic mass is 9.90. The van der Waals surface area contributed by atoms with Crippen molar-refractivity contribution < 1.29 is 27.8 Å². The SMILES string of the molecule is COC(C(=O)O)(c1ccc(C)c(C)c1)C(F)(F)F. The molecule has 0 saturated heterocycles. The van der Waals surface area contributed by atoms with Crippen LogP contribution in [0.25, 0.3) is 0 Å². The third-order valence-corrected chi connectivity index (χ3v) is 2.92. The van der Waals surface area contributed by atoms with Crippen LogP contribution in [-0.4, -0.2) is 24.4 Å². The van der Waals surface area contributed by atoms with Crippen molar-refractivity contribution in [1.29, 1.82) is 0 Å². The zero-order valence-corrected chi connectivity index (χ0v) is 10.1. The fraction of sp³-hybridized carbons (Fsp3) is 0.417. The van der Waals surface area contributed by atoms with E-state index < -0.39 is 23.3 Å². The molecule has 6 heteroatoms. The molecule has 1 rings (SSSR count). The Morgan fingerprint density at radius 1 is 1.22 bits per heavy atom. The highest BCUT2D eigenvalue weighted by molar-refractivity contribution is 5.80. The van der Waals surface area contributed by atoms with Crippen LogP contribution in [0.4, 0.5) is 13.2 Å². The van der Waals surface area contributed by atoms with Gasteiger partial charge in [-0.05, 0) is 25.0 Å². The van der Waals surface area contributed by atoms with Crippen molar-refractivity contribution in [1.82, 2.24) is 0 Å². The summed E-state index contributed by atoms with van der Waals surface area (Å²) in [5.74, 6) is -2.08. The molecule has 1 N–H and O–H groups in total. The highest BCUT2D eigenvalue weighted by Gasteiger charge is 2.63. The summed E-state index contributed by atoms with van der Waals surface area (Å²) < 4.78 is 43.4. The first-order chi connectivity index (χ1) is 8.16. The van der Waals surface area contributed by atoms with Gasteiger partial charge in [0.15, 0.2) is 0 Å². The number of alkyl halides is 3. The van der Waals surface area contributed by atoms with E-state index in [1.165, 1.54) is 12.1 Å². The van der Waals surface area contributed by atoms with Crippen LogP contribution in [-0.2, 0) is 15.1 Å². The molecule has 0 aromatic heterocycles. The van der Waals surface area contributed by atoms with Crippen molar-refractivity contribution in [2.75, 3.05) is 7.11 Å². The van der Waals surface area contributed by atoms with Gasteiger partial charge in [0.1, 0.15) is 0 Å². The van der Waals surface area contributed by atoms with Crippen LogP contribution in [0.3, 0.4) is 0 Å². The first-order valence-corrected chi connectivity index (χ1v) is 5.10. The molecule has 0 radical (unpaired) electrons. The number of hydrogen-bond donors (Lipinski definition) is 1. The maximum Gasteiger partial charge on any atom is 0.432 e. The number of hydrogen-bond acceptors (Lipinski definition) is 2. The van der Waals surface area contributed by atoms with E-state index in [0.717, 1.165) is 18.7 Å². The highest BCUT2D eigenvalue weighted by atomic mass is 19.4. The molecular weight excluding hydrogens is 249 g/mol. The molecule has 0 amide bonds. The van der Waals surface area contributed by atoms with Gasteiger partial charge in [0.2, 0.25) is 0 Å². The van der Waals surface area contributed by atoms with Crippen LogP contribution < -0.4 is 0 Å². The number of halogens is 3. The first-order valence-electron chi connectivity index (χ1n) is 5.10. The van der Waals surface area contributed by atoms with Crippen LogP contribution in [0.15, 0.2) is 18.2 Å². The van der Waals surface area contributed by atoms with Gasteiger partial charge in [-0.2, -0.15) is 13.2 Å². The standard InChI is InChI=1S/C12H13F3O3/c1-7-4-5-9(6-8(7)2)11(18-3,10(16)17)12(13,14)15/h4-6H,1-3H3,(H,16,17). The molecule has 1 aromatic rings. The minimum atomic E-state index is -5.05. The molecule has 3 nitrogen and oxygen atoms in total. The Morgan fingerprint density at radius 2 is 1.78 bits per heavy atom. The average molecular weight is 262 g/mol. The van der Waals surface area contributed by atoms with Gasteiger partial charge in [-0.1, -0.05) is 18.2 Å². The molecule has 0 aliphatic rings. The van der Waals surface area contributed by atoms with Crippen LogP contribution in [0, 0.1) is 13.8 Å². The second kappa shape index (κ2) is 4.61. The van der Waals surface area contributed by atoms with E-state index in [9.17, 15) is 18.0 Å². The van der Waals surface area contributed by atoms with E-state index in [1.54, 1.807) is 13.8 Å². The summed E-state index contributed by atoms with van der Waals surface area (Å²) in [6, 6.07) is 3.74. The molecule has 0 bridgehead atoms. The average Bonchev–Trinajstić information content (AvgIpc) is 2.22. The summed E-state index contributed by atoms with van der Waals surface area (Å²) >= 11 is 0. The molecule has 1 atom stereocenters. The van der Waals surface area contributed by atoms with E-state index in [4.69, 9.17) is 5.11 Å². The Hall–Kier alpha value is -1.56. The first kappa shape index (κ1) is 14.5. The van der Waals surface area contributed by atoms with Crippen LogP contribution >= 0.6 is 0 Å². The number of methoxy groups -OCH3 is 1. The van der Waals surface area contributed by atoms with Gasteiger partial charge in [-0.3, -0.25) is 0 Å². The molecule has 100 valence electrons. The summed E-state index contributed by atoms with van der Waals surface area (Å²) in [6.07, 6.45) is -5.05. The van der Waals surface area contributed by atoms with Gasteiger partial charge in [0, 0.05) is 12.7 Å². The fourth-order valence-corrected chi connectivity index (χ4v) is 1.69. The second-order valence-corrected chi connectivity index (χ2v) is 3.99. The van der Waals surface area contributed by atoms with Gasteiger partial charge in [-0.15, -0.1) is 0 Å².